The number of aromatic amines is 2. The van der Waals surface area contributed by atoms with Crippen LogP contribution in [0.4, 0.5) is 0 Å². The Balaban J connectivity index is 1.55. The van der Waals surface area contributed by atoms with Gasteiger partial charge >= 0.3 is 5.97 Å². The van der Waals surface area contributed by atoms with Gasteiger partial charge in [-0.2, -0.15) is 0 Å². The van der Waals surface area contributed by atoms with Crippen molar-refractivity contribution in [3.05, 3.63) is 90.1 Å². The third-order valence-corrected chi connectivity index (χ3v) is 12.9. The summed E-state index contributed by atoms with van der Waals surface area (Å²) >= 11 is 0. The van der Waals surface area contributed by atoms with E-state index < -0.39 is 95.0 Å². The minimum Gasteiger partial charge on any atom is -0.480 e. The van der Waals surface area contributed by atoms with Gasteiger partial charge in [0.05, 0.1) is 6.33 Å². The summed E-state index contributed by atoms with van der Waals surface area (Å²) in [6, 6.07) is 6.40. The van der Waals surface area contributed by atoms with Crippen LogP contribution in [0.3, 0.4) is 0 Å². The molecule has 0 saturated carbocycles. The van der Waals surface area contributed by atoms with Gasteiger partial charge in [0.1, 0.15) is 42.3 Å². The summed E-state index contributed by atoms with van der Waals surface area (Å²) in [7, 11) is 0. The van der Waals surface area contributed by atoms with Crippen LogP contribution in [0, 0.1) is 5.41 Å². The molecule has 7 unspecified atom stereocenters. The van der Waals surface area contributed by atoms with Crippen molar-refractivity contribution in [3.63, 3.8) is 0 Å². The summed E-state index contributed by atoms with van der Waals surface area (Å²) in [5.74, 6) is -7.42. The number of benzene rings is 2. The largest absolute Gasteiger partial charge is 0.480 e. The molecule has 1 aliphatic heterocycles. The maximum atomic E-state index is 14.8. The van der Waals surface area contributed by atoms with Gasteiger partial charge in [-0.3, -0.25) is 43.3 Å². The van der Waals surface area contributed by atoms with E-state index in [9.17, 15) is 48.3 Å². The minimum atomic E-state index is -1.59. The Morgan fingerprint density at radius 3 is 2.09 bits per heavy atom. The molecule has 24 heteroatoms. The van der Waals surface area contributed by atoms with E-state index in [1.807, 2.05) is 45.9 Å². The van der Waals surface area contributed by atoms with E-state index in [0.717, 1.165) is 10.9 Å². The van der Waals surface area contributed by atoms with Crippen molar-refractivity contribution in [2.45, 2.75) is 153 Å². The molecular weight excluding hydrogens is 1000 g/mol. The molecule has 0 spiro atoms. The van der Waals surface area contributed by atoms with Crippen LogP contribution in [0.1, 0.15) is 109 Å². The number of carboxylic acids is 1. The molecule has 1 fully saturated rings. The number of carbonyl (C=O) groups is 9. The number of hydrogen-bond acceptors (Lipinski definition) is 11. The molecule has 422 valence electrons. The second-order valence-corrected chi connectivity index (χ2v) is 20.7. The first-order chi connectivity index (χ1) is 37.2. The number of fused-ring (bicyclic) bond motifs is 1. The number of aliphatic imine (C=N–C) groups is 1. The molecule has 5 rings (SSSR count). The number of aromatic nitrogens is 3. The lowest BCUT2D eigenvalue weighted by molar-refractivity contribution is -0.142. The molecule has 0 bridgehead atoms. The van der Waals surface area contributed by atoms with Gasteiger partial charge in [0.25, 0.3) is 0 Å². The van der Waals surface area contributed by atoms with Crippen molar-refractivity contribution >= 4 is 70.1 Å². The zero-order valence-electron chi connectivity index (χ0n) is 44.7. The van der Waals surface area contributed by atoms with E-state index in [1.165, 1.54) is 12.5 Å². The quantitative estimate of drug-likeness (QED) is 0.0373. The molecule has 24 nitrogen and oxygen atoms in total. The predicted octanol–water partition coefficient (Wildman–Crippen LogP) is 0.767. The number of nitrogens with one attached hydrogen (secondary N) is 10. The van der Waals surface area contributed by atoms with Gasteiger partial charge in [-0.25, -0.2) is 9.78 Å². The highest BCUT2D eigenvalue weighted by Crippen LogP contribution is 2.21. The molecule has 2 aromatic carbocycles. The van der Waals surface area contributed by atoms with Crippen molar-refractivity contribution in [2.24, 2.45) is 21.9 Å². The molecule has 15 N–H and O–H groups in total. The first-order valence-electron chi connectivity index (χ1n) is 26.4. The third-order valence-electron chi connectivity index (χ3n) is 12.9. The second-order valence-electron chi connectivity index (χ2n) is 20.7. The number of carboxylic acid groups (broad SMARTS) is 1. The maximum Gasteiger partial charge on any atom is 0.326 e. The van der Waals surface area contributed by atoms with E-state index in [-0.39, 0.29) is 95.6 Å². The van der Waals surface area contributed by atoms with E-state index in [0.29, 0.717) is 29.7 Å². The number of aliphatic carboxylic acids is 1. The summed E-state index contributed by atoms with van der Waals surface area (Å²) in [6.07, 6.45) is 5.13. The number of nitrogens with two attached hydrogens (primary N) is 2. The summed E-state index contributed by atoms with van der Waals surface area (Å²) in [6.45, 7) is 7.59. The standard InChI is InChI=1S/C54H76N14O10/c1-5-6-17-37(62-45(70)28-54(2,3)4)46(71)63-38-19-12-23-58-44(69)22-21-40(52(77)78)65-50(75)42(26-33-29-60-36-18-11-10-16-35(33)36)67-47(72)39(20-13-24-59-53(55)56)64-49(74)41(25-32-14-8-7-9-15-32)66-51(76)43(68-48(38)73)27-34-30-57-31-61-34/h7-11,14-16,18,29-31,37-43,60H,5-6,12-13,17,19-28H2,1-4H3,(H,57,61)(H,58,69)(H,62,70)(H,63,71)(H,64,74)(H,65,75)(H,66,76)(H,67,72)(H,68,73)(H,77,78)(H4,55,56,59). The average Bonchev–Trinajstić information content (AvgIpc) is 4.07. The number of H-pyrrole nitrogens is 2. The van der Waals surface area contributed by atoms with Gasteiger partial charge in [0.2, 0.25) is 47.3 Å². The molecule has 1 aliphatic rings. The topological polar surface area (TPSA) is 379 Å². The number of unbranched alkanes of at least 4 members (excludes halogenated alkanes) is 1. The molecular formula is C54H76N14O10. The Morgan fingerprint density at radius 2 is 1.42 bits per heavy atom. The van der Waals surface area contributed by atoms with Crippen LogP contribution in [-0.4, -0.2) is 135 Å². The van der Waals surface area contributed by atoms with Crippen LogP contribution in [0.25, 0.3) is 10.9 Å². The Labute approximate surface area is 453 Å². The molecule has 3 heterocycles. The fourth-order valence-electron chi connectivity index (χ4n) is 8.85. The highest BCUT2D eigenvalue weighted by Gasteiger charge is 2.35. The molecule has 7 atom stereocenters. The van der Waals surface area contributed by atoms with E-state index >= 15 is 0 Å². The lowest BCUT2D eigenvalue weighted by Gasteiger charge is -2.28. The van der Waals surface area contributed by atoms with Crippen LogP contribution in [-0.2, 0) is 62.4 Å². The van der Waals surface area contributed by atoms with E-state index in [4.69, 9.17) is 11.5 Å². The van der Waals surface area contributed by atoms with Crippen LogP contribution in [0.2, 0.25) is 0 Å². The maximum absolute atomic E-state index is 14.8. The van der Waals surface area contributed by atoms with Gasteiger partial charge in [-0.15, -0.1) is 0 Å². The lowest BCUT2D eigenvalue weighted by atomic mass is 9.91. The minimum absolute atomic E-state index is 0.0374. The van der Waals surface area contributed by atoms with Crippen molar-refractivity contribution in [2.75, 3.05) is 13.1 Å². The van der Waals surface area contributed by atoms with Crippen LogP contribution in [0.5, 0.6) is 0 Å². The molecule has 78 heavy (non-hydrogen) atoms. The normalized spacial score (nSPS) is 21.1. The summed E-state index contributed by atoms with van der Waals surface area (Å²) in [5.41, 5.74) is 13.2. The molecule has 2 aromatic heterocycles. The van der Waals surface area contributed by atoms with Gasteiger partial charge < -0.3 is 69.1 Å². The van der Waals surface area contributed by atoms with Crippen molar-refractivity contribution in [3.8, 4) is 0 Å². The van der Waals surface area contributed by atoms with Crippen LogP contribution >= 0.6 is 0 Å². The molecule has 4 aromatic rings. The number of hydrogen-bond donors (Lipinski definition) is 13. The Hall–Kier alpha value is -8.31. The van der Waals surface area contributed by atoms with Crippen molar-refractivity contribution in [1.29, 1.82) is 0 Å². The summed E-state index contributed by atoms with van der Waals surface area (Å²) < 4.78 is 0. The number of nitrogens with zero attached hydrogens (tertiary/aromatic N) is 2. The fraction of sp³-hybridized carbons (Fsp3) is 0.500. The molecule has 8 amide bonds. The Kier molecular flexibility index (Phi) is 23.2. The first kappa shape index (κ1) is 60.6. The SMILES string of the molecule is CCCCC(NC(=O)CC(C)(C)C)C(=O)NC1CCCNC(=O)CCC(C(=O)O)NC(=O)C(Cc2c[nH]c3ccccc23)NC(=O)C(CCCN=C(N)N)NC(=O)C(Cc2ccccc2)NC(=O)C(Cc2cnc[nH]2)NC1=O. The van der Waals surface area contributed by atoms with Gasteiger partial charge in [-0.1, -0.05) is 89.1 Å². The van der Waals surface area contributed by atoms with Gasteiger partial charge in [0.15, 0.2) is 5.96 Å². The van der Waals surface area contributed by atoms with Gasteiger partial charge in [0, 0.05) is 74.2 Å². The smallest absolute Gasteiger partial charge is 0.326 e. The number of para-hydroxylation sites is 1. The van der Waals surface area contributed by atoms with E-state index in [1.54, 1.807) is 42.6 Å². The monoisotopic (exact) mass is 1080 g/mol. The zero-order chi connectivity index (χ0) is 56.8. The summed E-state index contributed by atoms with van der Waals surface area (Å²) in [5, 5.41) is 32.9. The summed E-state index contributed by atoms with van der Waals surface area (Å²) in [4.78, 5) is 140. The van der Waals surface area contributed by atoms with Crippen LogP contribution in [0.15, 0.2) is 78.3 Å². The molecule has 0 radical (unpaired) electrons. The zero-order valence-corrected chi connectivity index (χ0v) is 44.7. The van der Waals surface area contributed by atoms with Gasteiger partial charge in [-0.05, 0) is 61.1 Å². The highest BCUT2D eigenvalue weighted by molar-refractivity contribution is 5.98. The molecule has 0 aliphatic carbocycles. The fourth-order valence-corrected chi connectivity index (χ4v) is 8.85. The van der Waals surface area contributed by atoms with E-state index in [2.05, 4.69) is 62.5 Å². The van der Waals surface area contributed by atoms with Crippen molar-refractivity contribution in [1.82, 2.24) is 57.5 Å². The Morgan fingerprint density at radius 1 is 0.782 bits per heavy atom. The number of carbonyl (C=O) groups excluding carboxylic acids is 8. The number of rotatable bonds is 18. The average molecular weight is 1080 g/mol. The molecule has 1 saturated heterocycles. The third kappa shape index (κ3) is 20.0. The number of guanidine groups is 1. The number of imidazole rings is 1. The number of amides is 8. The lowest BCUT2D eigenvalue weighted by Crippen LogP contribution is -2.60. The Bertz CT molecular complexity index is 2700. The van der Waals surface area contributed by atoms with Crippen LogP contribution < -0.4 is 54.0 Å². The first-order valence-corrected chi connectivity index (χ1v) is 26.4. The second kappa shape index (κ2) is 29.8. The van der Waals surface area contributed by atoms with Crippen molar-refractivity contribution < 1.29 is 48.3 Å². The highest BCUT2D eigenvalue weighted by atomic mass is 16.4. The predicted molar refractivity (Wildman–Crippen MR) is 291 cm³/mol.